The number of carboxylic acid groups (broad SMARTS) is 1. The minimum atomic E-state index is -0.973. The molecule has 1 aromatic carbocycles. The Bertz CT molecular complexity index is 757. The summed E-state index contributed by atoms with van der Waals surface area (Å²) in [5.74, 6) is -0.973. The molecule has 0 amide bonds. The predicted molar refractivity (Wildman–Crippen MR) is 69.9 cm³/mol. The lowest BCUT2D eigenvalue weighted by Crippen LogP contribution is -1.96. The van der Waals surface area contributed by atoms with E-state index < -0.39 is 5.97 Å². The maximum Gasteiger partial charge on any atom is 0.339 e. The molecule has 0 radical (unpaired) electrons. The van der Waals surface area contributed by atoms with Crippen molar-refractivity contribution in [1.29, 1.82) is 0 Å². The highest BCUT2D eigenvalue weighted by molar-refractivity contribution is 5.95. The summed E-state index contributed by atoms with van der Waals surface area (Å²) in [4.78, 5) is 18.4. The molecule has 0 aliphatic heterocycles. The number of carbonyl (C=O) groups is 1. The highest BCUT2D eigenvalue weighted by Crippen LogP contribution is 2.25. The highest BCUT2D eigenvalue weighted by Gasteiger charge is 2.17. The van der Waals surface area contributed by atoms with Crippen LogP contribution in [-0.4, -0.2) is 30.8 Å². The van der Waals surface area contributed by atoms with Crippen LogP contribution >= 0.6 is 0 Å². The highest BCUT2D eigenvalue weighted by atomic mass is 16.4. The van der Waals surface area contributed by atoms with E-state index in [9.17, 15) is 9.90 Å². The van der Waals surface area contributed by atoms with Crippen LogP contribution < -0.4 is 0 Å². The fraction of sp³-hybridized carbons (Fsp3) is 0.154. The van der Waals surface area contributed by atoms with Crippen LogP contribution in [0.1, 0.15) is 17.3 Å². The van der Waals surface area contributed by atoms with Crippen molar-refractivity contribution in [3.8, 4) is 11.3 Å². The van der Waals surface area contributed by atoms with E-state index in [0.29, 0.717) is 12.2 Å². The van der Waals surface area contributed by atoms with Crippen molar-refractivity contribution in [2.24, 2.45) is 0 Å². The number of nitrogens with zero attached hydrogens (tertiary/aromatic N) is 3. The van der Waals surface area contributed by atoms with Gasteiger partial charge in [0.2, 0.25) is 0 Å². The third kappa shape index (κ3) is 1.87. The Labute approximate surface area is 108 Å². The van der Waals surface area contributed by atoms with Crippen LogP contribution in [0.3, 0.4) is 0 Å². The Balaban J connectivity index is 2.19. The van der Waals surface area contributed by atoms with E-state index in [-0.39, 0.29) is 5.56 Å². The number of hydrogen-bond donors (Lipinski definition) is 2. The first-order valence-electron chi connectivity index (χ1n) is 5.93. The first-order chi connectivity index (χ1) is 9.19. The average Bonchev–Trinajstić information content (AvgIpc) is 3.04. The van der Waals surface area contributed by atoms with Crippen molar-refractivity contribution >= 4 is 17.0 Å². The third-order valence-corrected chi connectivity index (χ3v) is 3.01. The van der Waals surface area contributed by atoms with Gasteiger partial charge in [-0.25, -0.2) is 9.78 Å². The second-order valence-corrected chi connectivity index (χ2v) is 4.19. The van der Waals surface area contributed by atoms with Crippen LogP contribution in [0, 0.1) is 0 Å². The fourth-order valence-electron chi connectivity index (χ4n) is 2.04. The zero-order valence-electron chi connectivity index (χ0n) is 10.3. The van der Waals surface area contributed by atoms with E-state index in [0.717, 1.165) is 16.6 Å². The largest absolute Gasteiger partial charge is 0.478 e. The molecule has 6 nitrogen and oxygen atoms in total. The van der Waals surface area contributed by atoms with E-state index in [2.05, 4.69) is 15.1 Å². The number of aryl methyl sites for hydroxylation is 1. The van der Waals surface area contributed by atoms with Gasteiger partial charge in [-0.05, 0) is 19.1 Å². The number of carboxylic acids is 1. The minimum absolute atomic E-state index is 0.209. The molecule has 0 spiro atoms. The second kappa shape index (κ2) is 4.24. The normalized spacial score (nSPS) is 11.0. The number of H-pyrrole nitrogens is 1. The number of rotatable bonds is 3. The molecule has 0 bridgehead atoms. The Hall–Kier alpha value is -2.63. The third-order valence-electron chi connectivity index (χ3n) is 3.01. The molecule has 0 atom stereocenters. The summed E-state index contributed by atoms with van der Waals surface area (Å²) in [6.45, 7) is 2.55. The van der Waals surface area contributed by atoms with Gasteiger partial charge in [0, 0.05) is 18.3 Å². The van der Waals surface area contributed by atoms with Crippen molar-refractivity contribution in [2.45, 2.75) is 13.5 Å². The number of benzene rings is 1. The molecular formula is C13H12N4O2. The SMILES string of the molecule is CCn1cc(C(=O)O)c(-c2ccc3nc[nH]c3c2)n1. The standard InChI is InChI=1S/C13H12N4O2/c1-2-17-6-9(13(18)19)12(16-17)8-3-4-10-11(5-8)15-7-14-10/h3-7H,2H2,1H3,(H,14,15)(H,18,19). The Morgan fingerprint density at radius 2 is 2.32 bits per heavy atom. The summed E-state index contributed by atoms with van der Waals surface area (Å²) < 4.78 is 1.62. The molecule has 6 heteroatoms. The van der Waals surface area contributed by atoms with Crippen molar-refractivity contribution < 1.29 is 9.90 Å². The maximum absolute atomic E-state index is 11.3. The predicted octanol–water partition coefficient (Wildman–Crippen LogP) is 2.14. The molecule has 96 valence electrons. The van der Waals surface area contributed by atoms with Crippen LogP contribution in [0.25, 0.3) is 22.3 Å². The van der Waals surface area contributed by atoms with Crippen LogP contribution in [-0.2, 0) is 6.54 Å². The van der Waals surface area contributed by atoms with Crippen molar-refractivity contribution in [3.05, 3.63) is 36.3 Å². The quantitative estimate of drug-likeness (QED) is 0.752. The van der Waals surface area contributed by atoms with Crippen LogP contribution in [0.4, 0.5) is 0 Å². The summed E-state index contributed by atoms with van der Waals surface area (Å²) >= 11 is 0. The van der Waals surface area contributed by atoms with Gasteiger partial charge in [0.25, 0.3) is 0 Å². The van der Waals surface area contributed by atoms with Crippen LogP contribution in [0.5, 0.6) is 0 Å². The molecule has 2 heterocycles. The molecule has 2 N–H and O–H groups in total. The summed E-state index contributed by atoms with van der Waals surface area (Å²) in [7, 11) is 0. The average molecular weight is 256 g/mol. The second-order valence-electron chi connectivity index (χ2n) is 4.19. The Kier molecular flexibility index (Phi) is 2.56. The first kappa shape index (κ1) is 11.5. The van der Waals surface area contributed by atoms with E-state index in [1.807, 2.05) is 25.1 Å². The molecule has 0 aliphatic rings. The van der Waals surface area contributed by atoms with Crippen LogP contribution in [0.15, 0.2) is 30.7 Å². The first-order valence-corrected chi connectivity index (χ1v) is 5.93. The molecule has 19 heavy (non-hydrogen) atoms. The molecule has 0 saturated carbocycles. The lowest BCUT2D eigenvalue weighted by Gasteiger charge is -1.99. The monoisotopic (exact) mass is 256 g/mol. The number of aromatic amines is 1. The number of hydrogen-bond acceptors (Lipinski definition) is 3. The molecule has 2 aromatic heterocycles. The van der Waals surface area contributed by atoms with E-state index in [1.165, 1.54) is 0 Å². The Morgan fingerprint density at radius 1 is 1.47 bits per heavy atom. The number of aromatic nitrogens is 4. The lowest BCUT2D eigenvalue weighted by molar-refractivity contribution is 0.0697. The molecule has 0 fully saturated rings. The lowest BCUT2D eigenvalue weighted by atomic mass is 10.1. The summed E-state index contributed by atoms with van der Waals surface area (Å²) in [6, 6.07) is 5.53. The van der Waals surface area contributed by atoms with Gasteiger partial charge < -0.3 is 10.1 Å². The maximum atomic E-state index is 11.3. The van der Waals surface area contributed by atoms with E-state index in [4.69, 9.17) is 0 Å². The van der Waals surface area contributed by atoms with Gasteiger partial charge in [0.1, 0.15) is 11.3 Å². The number of nitrogens with one attached hydrogen (secondary N) is 1. The van der Waals surface area contributed by atoms with Gasteiger partial charge in [-0.15, -0.1) is 0 Å². The molecule has 0 aliphatic carbocycles. The molecule has 0 saturated heterocycles. The number of fused-ring (bicyclic) bond motifs is 1. The summed E-state index contributed by atoms with van der Waals surface area (Å²) in [6.07, 6.45) is 3.16. The van der Waals surface area contributed by atoms with E-state index >= 15 is 0 Å². The van der Waals surface area contributed by atoms with Gasteiger partial charge in [-0.3, -0.25) is 4.68 Å². The van der Waals surface area contributed by atoms with E-state index in [1.54, 1.807) is 17.2 Å². The summed E-state index contributed by atoms with van der Waals surface area (Å²) in [5, 5.41) is 13.5. The van der Waals surface area contributed by atoms with Gasteiger partial charge >= 0.3 is 5.97 Å². The molecular weight excluding hydrogens is 244 g/mol. The topological polar surface area (TPSA) is 83.8 Å². The van der Waals surface area contributed by atoms with Crippen molar-refractivity contribution in [2.75, 3.05) is 0 Å². The van der Waals surface area contributed by atoms with Crippen LogP contribution in [0.2, 0.25) is 0 Å². The number of aromatic carboxylic acids is 1. The fourth-order valence-corrected chi connectivity index (χ4v) is 2.04. The Morgan fingerprint density at radius 3 is 3.05 bits per heavy atom. The van der Waals surface area contributed by atoms with Gasteiger partial charge in [-0.1, -0.05) is 6.07 Å². The smallest absolute Gasteiger partial charge is 0.339 e. The van der Waals surface area contributed by atoms with Gasteiger partial charge in [0.15, 0.2) is 0 Å². The number of imidazole rings is 1. The zero-order valence-corrected chi connectivity index (χ0v) is 10.3. The van der Waals surface area contributed by atoms with Gasteiger partial charge in [0.05, 0.1) is 17.4 Å². The van der Waals surface area contributed by atoms with Gasteiger partial charge in [-0.2, -0.15) is 5.10 Å². The minimum Gasteiger partial charge on any atom is -0.478 e. The molecule has 0 unspecified atom stereocenters. The van der Waals surface area contributed by atoms with Crippen molar-refractivity contribution in [3.63, 3.8) is 0 Å². The summed E-state index contributed by atoms with van der Waals surface area (Å²) in [5.41, 5.74) is 3.16. The zero-order chi connectivity index (χ0) is 13.4. The molecule has 3 rings (SSSR count). The van der Waals surface area contributed by atoms with Crippen molar-refractivity contribution in [1.82, 2.24) is 19.7 Å². The molecule has 3 aromatic rings.